The number of nitrogens with two attached hydrogens (primary N) is 5. The van der Waals surface area contributed by atoms with Gasteiger partial charge in [-0.25, -0.2) is 72.7 Å². The van der Waals surface area contributed by atoms with Gasteiger partial charge in [0.2, 0.25) is 58.9 Å². The van der Waals surface area contributed by atoms with E-state index in [1.807, 2.05) is 19.1 Å². The predicted molar refractivity (Wildman–Crippen MR) is 406 cm³/mol. The van der Waals surface area contributed by atoms with E-state index in [9.17, 15) is 4.39 Å². The van der Waals surface area contributed by atoms with E-state index in [2.05, 4.69) is 142 Å². The normalized spacial score (nSPS) is 11.6. The minimum Gasteiger partial charge on any atom is -0.448 e. The minimum absolute atomic E-state index is 0.0527. The van der Waals surface area contributed by atoms with Crippen LogP contribution in [0.4, 0.5) is 34.1 Å². The molecule has 0 atom stereocenters. The zero-order valence-corrected chi connectivity index (χ0v) is 62.5. The van der Waals surface area contributed by atoms with Crippen LogP contribution in [-0.2, 0) is 32.7 Å². The zero-order chi connectivity index (χ0) is 76.9. The second kappa shape index (κ2) is 30.2. The summed E-state index contributed by atoms with van der Waals surface area (Å²) in [6, 6.07) is 6.50. The number of rotatable bonds is 15. The maximum Gasteiger partial charge on any atom is 0.225 e. The van der Waals surface area contributed by atoms with Crippen molar-refractivity contribution in [3.63, 3.8) is 0 Å². The Labute approximate surface area is 649 Å². The molecule has 0 saturated heterocycles. The van der Waals surface area contributed by atoms with Crippen LogP contribution in [0.25, 0.3) is 141 Å². The van der Waals surface area contributed by atoms with Crippen LogP contribution >= 0.6 is 73.9 Å². The lowest BCUT2D eigenvalue weighted by atomic mass is 10.3. The SMILES string of the molecule is Cc1ncoc1-c1nc2c3cnn(CCCl)c3nc(N)n2n1.Cc1ocnc1-c1nc2c3cnn(CCCl)c3nc(N)n2n1.Nc1nc2c(cnn2CCCl)c2nc(-c3cnco3)nn12.Nc1nc2c(cnn2CCCl)c2nc(-c3ncccc3Br)nn12.Nc1nc2c(cnn2CCCl)c2nc(-c3ncccc3F)nn12. The molecule has 0 radical (unpaired) electrons. The molecule has 20 rings (SSSR count). The number of nitrogen functional groups attached to an aromatic ring is 5. The zero-order valence-electron chi connectivity index (χ0n) is 57.1. The Morgan fingerprint density at radius 3 is 1.08 bits per heavy atom. The molecule has 111 heavy (non-hydrogen) atoms. The third kappa shape index (κ3) is 13.3. The van der Waals surface area contributed by atoms with Crippen LogP contribution in [0.15, 0.2) is 111 Å². The van der Waals surface area contributed by atoms with Crippen molar-refractivity contribution < 1.29 is 17.6 Å². The van der Waals surface area contributed by atoms with Gasteiger partial charge in [0.05, 0.1) is 103 Å². The molecule has 0 bridgehead atoms. The molecule has 10 N–H and O–H groups in total. The molecule has 0 amide bonds. The largest absolute Gasteiger partial charge is 0.448 e. The summed E-state index contributed by atoms with van der Waals surface area (Å²) in [6.07, 6.45) is 17.0. The summed E-state index contributed by atoms with van der Waals surface area (Å²) in [5.41, 5.74) is 37.6. The summed E-state index contributed by atoms with van der Waals surface area (Å²) >= 11 is 32.3. The molecule has 0 unspecified atom stereocenters. The Hall–Kier alpha value is -13.1. The van der Waals surface area contributed by atoms with E-state index in [-0.39, 0.29) is 41.3 Å². The van der Waals surface area contributed by atoms with Crippen LogP contribution in [0.5, 0.6) is 0 Å². The number of fused-ring (bicyclic) bond motifs is 15. The quantitative estimate of drug-likeness (QED) is 0.0640. The van der Waals surface area contributed by atoms with Crippen LogP contribution in [0, 0.1) is 19.7 Å². The number of hydrogen-bond acceptors (Lipinski definition) is 33. The number of alkyl halides is 5. The standard InChI is InChI=1S/C13H10BrClN8.C13H10ClFN8.2C12H11ClN8O.C11H9ClN8O/c14-8-2-1-4-17-9(8)10-19-12-7-6-18-22(5-3-15)11(7)20-13(16)23(12)21-10;14-3-5-22-11-7(6-18-22)12-19-10(21-23(12)13(16)20-11)9-8(15)2-1-4-17-9;1-6-8(15-5-22-6)9-17-11-7-4-16-20(3-2-13)10(7)18-12(14)21(11)19-9;1-6-8(22-5-15-6)9-17-11-7-4-16-20(3-2-13)10(7)18-12(14)21(11)19-9;12-1-2-19-9-6(3-15-19)10-16-8(7-4-14-5-21-7)18-20(10)11(13)17-9/h2*1-2,4,6H,3,5H2,(H2,16,20);2*4-5H,2-3H2,1H3,(H2,14,18);3-5H,1-2H2,(H2,13,17). The van der Waals surface area contributed by atoms with E-state index < -0.39 is 5.82 Å². The Kier molecular flexibility index (Phi) is 19.6. The molecule has 50 heteroatoms. The third-order valence-electron chi connectivity index (χ3n) is 16.5. The lowest BCUT2D eigenvalue weighted by Gasteiger charge is -2.01. The van der Waals surface area contributed by atoms with Crippen molar-refractivity contribution in [3.05, 3.63) is 115 Å². The Morgan fingerprint density at radius 2 is 0.730 bits per heavy atom. The molecule has 562 valence electrons. The average molecular weight is 1670 g/mol. The highest BCUT2D eigenvalue weighted by Gasteiger charge is 2.25. The van der Waals surface area contributed by atoms with Gasteiger partial charge in [-0.15, -0.1) is 83.5 Å². The van der Waals surface area contributed by atoms with E-state index >= 15 is 0 Å². The first-order valence-corrected chi connectivity index (χ1v) is 36.1. The predicted octanol–water partition coefficient (Wildman–Crippen LogP) is 7.08. The number of hydrogen-bond donors (Lipinski definition) is 5. The van der Waals surface area contributed by atoms with E-state index in [4.69, 9.17) is 99.9 Å². The maximum atomic E-state index is 13.9. The van der Waals surface area contributed by atoms with Gasteiger partial charge in [-0.3, -0.25) is 4.98 Å². The van der Waals surface area contributed by atoms with Crippen molar-refractivity contribution in [1.29, 1.82) is 0 Å². The molecule has 20 aromatic heterocycles. The fourth-order valence-corrected chi connectivity index (χ4v) is 12.7. The summed E-state index contributed by atoms with van der Waals surface area (Å²) in [7, 11) is 0. The molecule has 0 aliphatic rings. The molecule has 43 nitrogen and oxygen atoms in total. The monoisotopic (exact) mass is 1660 g/mol. The van der Waals surface area contributed by atoms with Gasteiger partial charge in [-0.05, 0) is 54.0 Å². The lowest BCUT2D eigenvalue weighted by Crippen LogP contribution is -2.06. The summed E-state index contributed by atoms with van der Waals surface area (Å²) in [5, 5.41) is 46.5. The first kappa shape index (κ1) is 72.1. The fourth-order valence-electron chi connectivity index (χ4n) is 11.5. The van der Waals surface area contributed by atoms with Crippen LogP contribution in [0.1, 0.15) is 11.5 Å². The van der Waals surface area contributed by atoms with E-state index in [0.29, 0.717) is 182 Å². The van der Waals surface area contributed by atoms with Crippen molar-refractivity contribution >= 4 is 187 Å². The minimum atomic E-state index is -0.510. The molecule has 20 aromatic rings. The highest BCUT2D eigenvalue weighted by molar-refractivity contribution is 9.10. The third-order valence-corrected chi connectivity index (χ3v) is 18.0. The van der Waals surface area contributed by atoms with Crippen LogP contribution in [0.2, 0.25) is 0 Å². The van der Waals surface area contributed by atoms with Gasteiger partial charge in [-0.2, -0.15) is 73.0 Å². The van der Waals surface area contributed by atoms with Gasteiger partial charge in [0.1, 0.15) is 17.1 Å². The highest BCUT2D eigenvalue weighted by Crippen LogP contribution is 2.31. The van der Waals surface area contributed by atoms with Crippen molar-refractivity contribution in [1.82, 2.24) is 172 Å². The second-order valence-corrected chi connectivity index (χ2v) is 26.0. The van der Waals surface area contributed by atoms with Crippen LogP contribution < -0.4 is 28.7 Å². The van der Waals surface area contributed by atoms with E-state index in [1.165, 1.54) is 66.3 Å². The molecule has 0 aliphatic carbocycles. The number of nitrogens with zero attached hydrogens (tertiary/aromatic N) is 35. The first-order chi connectivity index (χ1) is 54.0. The van der Waals surface area contributed by atoms with E-state index in [0.717, 1.165) is 26.0 Å². The first-order valence-electron chi connectivity index (χ1n) is 32.6. The Morgan fingerprint density at radius 1 is 0.378 bits per heavy atom. The van der Waals surface area contributed by atoms with Crippen LogP contribution in [-0.4, -0.2) is 201 Å². The molecule has 0 aliphatic heterocycles. The Bertz CT molecular complexity index is 6500. The molecular formula is C61H51BrCl5FN40O3. The van der Waals surface area contributed by atoms with Crippen molar-refractivity contribution in [2.45, 2.75) is 46.6 Å². The molecule has 0 aromatic carbocycles. The van der Waals surface area contributed by atoms with Gasteiger partial charge >= 0.3 is 0 Å². The number of pyridine rings is 2. The lowest BCUT2D eigenvalue weighted by molar-refractivity contribution is 0.527. The topological polar surface area (TPSA) is 538 Å². The molecule has 0 spiro atoms. The van der Waals surface area contributed by atoms with Gasteiger partial charge in [0.25, 0.3) is 0 Å². The summed E-state index contributed by atoms with van der Waals surface area (Å²) in [6.45, 7) is 6.26. The van der Waals surface area contributed by atoms with Crippen molar-refractivity contribution in [2.24, 2.45) is 0 Å². The average Bonchev–Trinajstić information content (AvgIpc) is 1.63. The Balaban J connectivity index is 0.000000105. The molecule has 0 saturated carbocycles. The summed E-state index contributed by atoms with van der Waals surface area (Å²) in [4.78, 5) is 64.2. The highest BCUT2D eigenvalue weighted by atomic mass is 79.9. The number of anilines is 5. The van der Waals surface area contributed by atoms with Crippen molar-refractivity contribution in [2.75, 3.05) is 58.1 Å². The maximum absolute atomic E-state index is 13.9. The fraction of sp³-hybridized carbons (Fsp3) is 0.197. The summed E-state index contributed by atoms with van der Waals surface area (Å²) in [5.74, 6) is 6.02. The van der Waals surface area contributed by atoms with Crippen molar-refractivity contribution in [3.8, 4) is 57.7 Å². The number of halogens is 7. The molecular weight excluding hydrogens is 1620 g/mol. The number of oxazole rings is 3. The number of aromatic nitrogens is 35. The van der Waals surface area contributed by atoms with Gasteiger partial charge in [-0.1, -0.05) is 0 Å². The van der Waals surface area contributed by atoms with Gasteiger partial charge < -0.3 is 41.9 Å². The second-order valence-electron chi connectivity index (χ2n) is 23.2. The summed E-state index contributed by atoms with van der Waals surface area (Å²) < 4.78 is 46.0. The van der Waals surface area contributed by atoms with Crippen LogP contribution in [0.3, 0.4) is 0 Å². The smallest absolute Gasteiger partial charge is 0.225 e. The van der Waals surface area contributed by atoms with Gasteiger partial charge in [0.15, 0.2) is 98.7 Å². The molecule has 20 heterocycles. The van der Waals surface area contributed by atoms with Gasteiger partial charge in [0, 0.05) is 46.3 Å². The molecule has 0 fully saturated rings. The number of aryl methyl sites for hydroxylation is 7. The van der Waals surface area contributed by atoms with E-state index in [1.54, 1.807) is 67.5 Å².